The molecule has 0 spiro atoms. The smallest absolute Gasteiger partial charge is 0.228 e. The summed E-state index contributed by atoms with van der Waals surface area (Å²) in [4.78, 5) is 21.0. The number of aryl methyl sites for hydroxylation is 1. The highest BCUT2D eigenvalue weighted by Crippen LogP contribution is 2.34. The van der Waals surface area contributed by atoms with E-state index in [2.05, 4.69) is 15.6 Å². The first-order valence-electron chi connectivity index (χ1n) is 10.3. The van der Waals surface area contributed by atoms with E-state index in [1.165, 1.54) is 6.07 Å². The van der Waals surface area contributed by atoms with Gasteiger partial charge in [-0.25, -0.2) is 9.37 Å². The number of hydrogen-bond acceptors (Lipinski definition) is 4. The molecule has 5 rings (SSSR count). The molecule has 2 N–H and O–H groups in total. The van der Waals surface area contributed by atoms with E-state index >= 15 is 0 Å². The number of benzene rings is 2. The molecule has 0 saturated heterocycles. The lowest BCUT2D eigenvalue weighted by molar-refractivity contribution is -0.115. The summed E-state index contributed by atoms with van der Waals surface area (Å²) in [5.41, 5.74) is 4.69. The molecule has 31 heavy (non-hydrogen) atoms. The number of halogens is 1. The molecule has 1 atom stereocenters. The van der Waals surface area contributed by atoms with Crippen molar-refractivity contribution in [2.75, 3.05) is 10.6 Å². The van der Waals surface area contributed by atoms with E-state index in [4.69, 9.17) is 4.98 Å². The van der Waals surface area contributed by atoms with Gasteiger partial charge in [-0.3, -0.25) is 9.78 Å². The van der Waals surface area contributed by atoms with Gasteiger partial charge in [-0.2, -0.15) is 0 Å². The normalized spacial score (nSPS) is 14.9. The largest absolute Gasteiger partial charge is 0.363 e. The molecule has 1 aliphatic carbocycles. The Morgan fingerprint density at radius 1 is 1.03 bits per heavy atom. The van der Waals surface area contributed by atoms with Crippen molar-refractivity contribution in [3.05, 3.63) is 95.6 Å². The summed E-state index contributed by atoms with van der Waals surface area (Å²) in [6.07, 6.45) is 5.44. The molecule has 2 aromatic heterocycles. The number of nitrogens with one attached hydrogen (secondary N) is 2. The van der Waals surface area contributed by atoms with Crippen LogP contribution >= 0.6 is 0 Å². The number of carbonyl (C=O) groups is 1. The number of fused-ring (bicyclic) bond motifs is 2. The second-order valence-corrected chi connectivity index (χ2v) is 7.76. The van der Waals surface area contributed by atoms with E-state index in [1.54, 1.807) is 18.5 Å². The zero-order valence-corrected chi connectivity index (χ0v) is 16.8. The zero-order chi connectivity index (χ0) is 21.2. The number of anilines is 2. The fraction of sp³-hybridized carbons (Fsp3) is 0.160. The Morgan fingerprint density at radius 2 is 1.90 bits per heavy atom. The lowest BCUT2D eigenvalue weighted by Crippen LogP contribution is -2.14. The van der Waals surface area contributed by atoms with Crippen LogP contribution in [0.25, 0.3) is 10.9 Å². The van der Waals surface area contributed by atoms with Gasteiger partial charge in [-0.05, 0) is 84.1 Å². The van der Waals surface area contributed by atoms with Crippen LogP contribution in [-0.2, 0) is 17.6 Å². The van der Waals surface area contributed by atoms with Crippen molar-refractivity contribution in [3.63, 3.8) is 0 Å². The maximum atomic E-state index is 13.4. The maximum Gasteiger partial charge on any atom is 0.228 e. The SMILES string of the molecule is O=C(Cc1ccncc1)Nc1ccc2nc(NC3CCc4cc(F)ccc43)ccc2c1. The van der Waals surface area contributed by atoms with E-state index < -0.39 is 0 Å². The first kappa shape index (κ1) is 19.2. The molecular weight excluding hydrogens is 391 g/mol. The Balaban J connectivity index is 1.29. The molecule has 1 aliphatic rings. The topological polar surface area (TPSA) is 66.9 Å². The van der Waals surface area contributed by atoms with Crippen LogP contribution in [-0.4, -0.2) is 15.9 Å². The van der Waals surface area contributed by atoms with Crippen LogP contribution in [0.2, 0.25) is 0 Å². The number of hydrogen-bond donors (Lipinski definition) is 2. The number of amides is 1. The molecular formula is C25H21FN4O. The van der Waals surface area contributed by atoms with Crippen molar-refractivity contribution in [1.29, 1.82) is 0 Å². The lowest BCUT2D eigenvalue weighted by atomic mass is 10.1. The number of rotatable bonds is 5. The Bertz CT molecular complexity index is 1260. The van der Waals surface area contributed by atoms with Gasteiger partial charge in [-0.1, -0.05) is 6.07 Å². The quantitative estimate of drug-likeness (QED) is 0.481. The average Bonchev–Trinajstić information content (AvgIpc) is 3.16. The maximum absolute atomic E-state index is 13.4. The molecule has 4 aromatic rings. The number of carbonyl (C=O) groups excluding carboxylic acids is 1. The summed E-state index contributed by atoms with van der Waals surface area (Å²) in [5, 5.41) is 7.36. The molecule has 0 radical (unpaired) electrons. The van der Waals surface area contributed by atoms with Gasteiger partial charge >= 0.3 is 0 Å². The van der Waals surface area contributed by atoms with Crippen LogP contribution in [0.4, 0.5) is 15.9 Å². The van der Waals surface area contributed by atoms with Crippen molar-refractivity contribution in [2.45, 2.75) is 25.3 Å². The fourth-order valence-corrected chi connectivity index (χ4v) is 4.09. The van der Waals surface area contributed by atoms with Crippen LogP contribution in [0.5, 0.6) is 0 Å². The highest BCUT2D eigenvalue weighted by molar-refractivity contribution is 5.95. The molecule has 0 aliphatic heterocycles. The molecule has 6 heteroatoms. The molecule has 5 nitrogen and oxygen atoms in total. The predicted octanol–water partition coefficient (Wildman–Crippen LogP) is 5.05. The predicted molar refractivity (Wildman–Crippen MR) is 119 cm³/mol. The third-order valence-corrected chi connectivity index (χ3v) is 5.59. The van der Waals surface area contributed by atoms with E-state index in [0.717, 1.165) is 51.9 Å². The van der Waals surface area contributed by atoms with Crippen LogP contribution < -0.4 is 10.6 Å². The summed E-state index contributed by atoms with van der Waals surface area (Å²) < 4.78 is 13.4. The summed E-state index contributed by atoms with van der Waals surface area (Å²) in [7, 11) is 0. The van der Waals surface area contributed by atoms with Crippen molar-refractivity contribution in [3.8, 4) is 0 Å². The monoisotopic (exact) mass is 412 g/mol. The van der Waals surface area contributed by atoms with Crippen molar-refractivity contribution in [2.24, 2.45) is 0 Å². The van der Waals surface area contributed by atoms with Crippen molar-refractivity contribution < 1.29 is 9.18 Å². The third-order valence-electron chi connectivity index (χ3n) is 5.59. The van der Waals surface area contributed by atoms with Crippen LogP contribution in [0.3, 0.4) is 0 Å². The van der Waals surface area contributed by atoms with Gasteiger partial charge in [0.1, 0.15) is 11.6 Å². The molecule has 0 fully saturated rings. The van der Waals surface area contributed by atoms with Crippen molar-refractivity contribution >= 4 is 28.3 Å². The van der Waals surface area contributed by atoms with Crippen LogP contribution in [0, 0.1) is 5.82 Å². The van der Waals surface area contributed by atoms with E-state index in [9.17, 15) is 9.18 Å². The van der Waals surface area contributed by atoms with Crippen LogP contribution in [0.1, 0.15) is 29.2 Å². The Hall–Kier alpha value is -3.80. The number of pyridine rings is 2. The summed E-state index contributed by atoms with van der Waals surface area (Å²) in [6.45, 7) is 0. The second-order valence-electron chi connectivity index (χ2n) is 7.76. The third kappa shape index (κ3) is 4.23. The highest BCUT2D eigenvalue weighted by Gasteiger charge is 2.23. The summed E-state index contributed by atoms with van der Waals surface area (Å²) in [5.74, 6) is 0.518. The molecule has 0 saturated carbocycles. The Morgan fingerprint density at radius 3 is 2.77 bits per heavy atom. The molecule has 2 aromatic carbocycles. The first-order chi connectivity index (χ1) is 15.1. The van der Waals surface area contributed by atoms with Gasteiger partial charge in [0.05, 0.1) is 18.0 Å². The van der Waals surface area contributed by atoms with Gasteiger partial charge in [0.2, 0.25) is 5.91 Å². The van der Waals surface area contributed by atoms with Gasteiger partial charge in [0.25, 0.3) is 0 Å². The zero-order valence-electron chi connectivity index (χ0n) is 16.8. The van der Waals surface area contributed by atoms with Gasteiger partial charge in [0, 0.05) is 23.5 Å². The second kappa shape index (κ2) is 8.14. The first-order valence-corrected chi connectivity index (χ1v) is 10.3. The molecule has 1 amide bonds. The van der Waals surface area contributed by atoms with E-state index in [-0.39, 0.29) is 17.8 Å². The number of aromatic nitrogens is 2. The highest BCUT2D eigenvalue weighted by atomic mass is 19.1. The molecule has 0 bridgehead atoms. The lowest BCUT2D eigenvalue weighted by Gasteiger charge is -2.15. The summed E-state index contributed by atoms with van der Waals surface area (Å²) >= 11 is 0. The van der Waals surface area contributed by atoms with Crippen molar-refractivity contribution in [1.82, 2.24) is 9.97 Å². The van der Waals surface area contributed by atoms with E-state index in [1.807, 2.05) is 48.5 Å². The Kier molecular flexibility index (Phi) is 5.04. The minimum absolute atomic E-state index is 0.0758. The van der Waals surface area contributed by atoms with Gasteiger partial charge < -0.3 is 10.6 Å². The van der Waals surface area contributed by atoms with Gasteiger partial charge in [-0.15, -0.1) is 0 Å². The fourth-order valence-electron chi connectivity index (χ4n) is 4.09. The van der Waals surface area contributed by atoms with E-state index in [0.29, 0.717) is 6.42 Å². The minimum atomic E-state index is -0.188. The summed E-state index contributed by atoms with van der Waals surface area (Å²) in [6, 6.07) is 18.4. The Labute approximate surface area is 179 Å². The molecule has 2 heterocycles. The minimum Gasteiger partial charge on any atom is -0.363 e. The molecule has 1 unspecified atom stereocenters. The average molecular weight is 412 g/mol. The van der Waals surface area contributed by atoms with Gasteiger partial charge in [0.15, 0.2) is 0 Å². The number of nitrogens with zero attached hydrogens (tertiary/aromatic N) is 2. The standard InChI is InChI=1S/C25H21FN4O/c26-19-3-5-21-17(14-19)1-6-23(21)30-24-8-2-18-15-20(4-7-22(18)29-24)28-25(31)13-16-9-11-27-12-10-16/h2-5,7-12,14-15,23H,1,6,13H2,(H,28,31)(H,29,30). The molecule has 154 valence electrons. The van der Waals surface area contributed by atoms with Crippen LogP contribution in [0.15, 0.2) is 73.1 Å².